The molecule has 0 aliphatic rings. The summed E-state index contributed by atoms with van der Waals surface area (Å²) in [4.78, 5) is 7.95. The van der Waals surface area contributed by atoms with Crippen LogP contribution in [0.15, 0.2) is 23.2 Å². The molecule has 0 aliphatic heterocycles. The molecule has 0 aromatic carbocycles. The highest BCUT2D eigenvalue weighted by molar-refractivity contribution is 7.07. The average molecular weight is 236 g/mol. The van der Waals surface area contributed by atoms with Crippen molar-refractivity contribution in [2.45, 2.75) is 6.54 Å². The lowest BCUT2D eigenvalue weighted by Crippen LogP contribution is -2.05. The van der Waals surface area contributed by atoms with Crippen molar-refractivity contribution < 1.29 is 4.74 Å². The van der Waals surface area contributed by atoms with Gasteiger partial charge in [-0.3, -0.25) is 0 Å². The van der Waals surface area contributed by atoms with Gasteiger partial charge < -0.3 is 15.8 Å². The molecule has 0 bridgehead atoms. The monoisotopic (exact) mass is 236 g/mol. The second-order valence-corrected chi connectivity index (χ2v) is 3.91. The molecule has 5 nitrogen and oxygen atoms in total. The van der Waals surface area contributed by atoms with E-state index in [-0.39, 0.29) is 0 Å². The zero-order valence-corrected chi connectivity index (χ0v) is 9.62. The van der Waals surface area contributed by atoms with Crippen LogP contribution in [0.25, 0.3) is 0 Å². The number of nitrogen functional groups attached to an aromatic ring is 1. The number of nitrogens with two attached hydrogens (primary N) is 1. The normalized spacial score (nSPS) is 10.1. The lowest BCUT2D eigenvalue weighted by atomic mass is 10.3. The number of nitrogens with one attached hydrogen (secondary N) is 1. The quantitative estimate of drug-likeness (QED) is 0.846. The zero-order valence-electron chi connectivity index (χ0n) is 8.80. The number of anilines is 2. The molecule has 0 spiro atoms. The Balaban J connectivity index is 2.12. The van der Waals surface area contributed by atoms with Crippen LogP contribution < -0.4 is 15.8 Å². The molecule has 2 aromatic rings. The molecule has 0 atom stereocenters. The first kappa shape index (κ1) is 10.7. The number of nitrogens with zero attached hydrogens (tertiary/aromatic N) is 2. The lowest BCUT2D eigenvalue weighted by Gasteiger charge is -2.10. The molecule has 6 heteroatoms. The van der Waals surface area contributed by atoms with Crippen molar-refractivity contribution in [2.24, 2.45) is 0 Å². The van der Waals surface area contributed by atoms with Gasteiger partial charge in [0, 0.05) is 6.54 Å². The summed E-state index contributed by atoms with van der Waals surface area (Å²) in [7, 11) is 1.55. The number of hydrogen-bond acceptors (Lipinski definition) is 6. The van der Waals surface area contributed by atoms with Crippen molar-refractivity contribution >= 4 is 23.0 Å². The molecule has 84 valence electrons. The predicted octanol–water partition coefficient (Wildman–Crippen LogP) is 1.74. The second kappa shape index (κ2) is 4.80. The van der Waals surface area contributed by atoms with E-state index in [4.69, 9.17) is 10.5 Å². The van der Waals surface area contributed by atoms with E-state index in [9.17, 15) is 0 Å². The second-order valence-electron chi connectivity index (χ2n) is 3.13. The maximum absolute atomic E-state index is 5.67. The Labute approximate surface area is 97.3 Å². The number of hydrogen-bond donors (Lipinski definition) is 2. The highest BCUT2D eigenvalue weighted by atomic mass is 32.1. The fourth-order valence-corrected chi connectivity index (χ4v) is 1.96. The molecule has 3 N–H and O–H groups in total. The fraction of sp³-hybridized carbons (Fsp3) is 0.200. The maximum Gasteiger partial charge on any atom is 0.203 e. The fourth-order valence-electron chi connectivity index (χ4n) is 1.29. The van der Waals surface area contributed by atoms with Gasteiger partial charge in [-0.25, -0.2) is 9.97 Å². The minimum Gasteiger partial charge on any atom is -0.490 e. The van der Waals surface area contributed by atoms with Gasteiger partial charge in [-0.15, -0.1) is 0 Å². The van der Waals surface area contributed by atoms with E-state index in [1.807, 2.05) is 5.38 Å². The van der Waals surface area contributed by atoms with Gasteiger partial charge in [0.05, 0.1) is 7.11 Å². The van der Waals surface area contributed by atoms with Crippen LogP contribution in [-0.4, -0.2) is 17.1 Å². The molecular formula is C10H12N4OS. The zero-order chi connectivity index (χ0) is 11.4. The molecule has 2 heterocycles. The van der Waals surface area contributed by atoms with Crippen molar-refractivity contribution in [3.63, 3.8) is 0 Å². The summed E-state index contributed by atoms with van der Waals surface area (Å²) < 4.78 is 5.14. The number of rotatable bonds is 4. The first-order valence-electron chi connectivity index (χ1n) is 4.70. The van der Waals surface area contributed by atoms with E-state index in [1.54, 1.807) is 18.4 Å². The molecule has 0 saturated carbocycles. The highest BCUT2D eigenvalue weighted by Crippen LogP contribution is 2.26. The van der Waals surface area contributed by atoms with E-state index in [2.05, 4.69) is 26.7 Å². The van der Waals surface area contributed by atoms with Gasteiger partial charge in [-0.2, -0.15) is 11.3 Å². The molecule has 2 rings (SSSR count). The van der Waals surface area contributed by atoms with Gasteiger partial charge in [-0.05, 0) is 22.4 Å². The van der Waals surface area contributed by atoms with Crippen LogP contribution in [0.3, 0.4) is 0 Å². The third kappa shape index (κ3) is 2.22. The summed E-state index contributed by atoms with van der Waals surface area (Å²) in [5.41, 5.74) is 6.87. The maximum atomic E-state index is 5.67. The van der Waals surface area contributed by atoms with Gasteiger partial charge in [-0.1, -0.05) is 0 Å². The van der Waals surface area contributed by atoms with E-state index in [1.165, 1.54) is 11.9 Å². The summed E-state index contributed by atoms with van der Waals surface area (Å²) in [5.74, 6) is 1.43. The summed E-state index contributed by atoms with van der Waals surface area (Å²) in [5, 5.41) is 7.26. The smallest absolute Gasteiger partial charge is 0.203 e. The first-order chi connectivity index (χ1) is 7.81. The van der Waals surface area contributed by atoms with Crippen molar-refractivity contribution in [2.75, 3.05) is 18.2 Å². The van der Waals surface area contributed by atoms with Crippen LogP contribution in [0, 0.1) is 0 Å². The Bertz CT molecular complexity index is 458. The van der Waals surface area contributed by atoms with Crippen molar-refractivity contribution in [1.29, 1.82) is 0 Å². The third-order valence-corrected chi connectivity index (χ3v) is 2.81. The standard InChI is InChI=1S/C10H12N4OS/c1-15-8-9(11)13-6-14-10(8)12-4-7-2-3-16-5-7/h2-3,5-6H,4H2,1H3,(H3,11,12,13,14). The van der Waals surface area contributed by atoms with Crippen molar-refractivity contribution in [1.82, 2.24) is 9.97 Å². The van der Waals surface area contributed by atoms with E-state index in [0.29, 0.717) is 23.9 Å². The van der Waals surface area contributed by atoms with Gasteiger partial charge in [0.1, 0.15) is 6.33 Å². The minimum absolute atomic E-state index is 0.338. The number of ether oxygens (including phenoxy) is 1. The molecular weight excluding hydrogens is 224 g/mol. The minimum atomic E-state index is 0.338. The Hall–Kier alpha value is -1.82. The highest BCUT2D eigenvalue weighted by Gasteiger charge is 2.08. The Morgan fingerprint density at radius 2 is 2.38 bits per heavy atom. The lowest BCUT2D eigenvalue weighted by molar-refractivity contribution is 0.415. The van der Waals surface area contributed by atoms with Crippen LogP contribution >= 0.6 is 11.3 Å². The van der Waals surface area contributed by atoms with E-state index >= 15 is 0 Å². The van der Waals surface area contributed by atoms with Crippen LogP contribution in [0.4, 0.5) is 11.6 Å². The molecule has 2 aromatic heterocycles. The van der Waals surface area contributed by atoms with Crippen LogP contribution in [0.5, 0.6) is 5.75 Å². The molecule has 0 amide bonds. The van der Waals surface area contributed by atoms with Gasteiger partial charge in [0.15, 0.2) is 11.6 Å². The third-order valence-electron chi connectivity index (χ3n) is 2.08. The number of thiophene rings is 1. The summed E-state index contributed by atoms with van der Waals surface area (Å²) in [6, 6.07) is 2.05. The van der Waals surface area contributed by atoms with Crippen LogP contribution in [-0.2, 0) is 6.54 Å². The number of aromatic nitrogens is 2. The van der Waals surface area contributed by atoms with Gasteiger partial charge in [0.2, 0.25) is 5.75 Å². The molecule has 0 fully saturated rings. The summed E-state index contributed by atoms with van der Waals surface area (Å²) in [6.07, 6.45) is 1.41. The molecule has 0 aliphatic carbocycles. The summed E-state index contributed by atoms with van der Waals surface area (Å²) in [6.45, 7) is 0.691. The number of methoxy groups -OCH3 is 1. The molecule has 0 saturated heterocycles. The topological polar surface area (TPSA) is 73.1 Å². The van der Waals surface area contributed by atoms with Gasteiger partial charge in [0.25, 0.3) is 0 Å². The largest absolute Gasteiger partial charge is 0.490 e. The van der Waals surface area contributed by atoms with Crippen LogP contribution in [0.1, 0.15) is 5.56 Å². The predicted molar refractivity (Wildman–Crippen MR) is 64.6 cm³/mol. The van der Waals surface area contributed by atoms with Gasteiger partial charge >= 0.3 is 0 Å². The van der Waals surface area contributed by atoms with E-state index < -0.39 is 0 Å². The van der Waals surface area contributed by atoms with E-state index in [0.717, 1.165) is 0 Å². The first-order valence-corrected chi connectivity index (χ1v) is 5.65. The average Bonchev–Trinajstić information content (AvgIpc) is 2.79. The molecule has 0 unspecified atom stereocenters. The Kier molecular flexibility index (Phi) is 3.21. The van der Waals surface area contributed by atoms with Crippen molar-refractivity contribution in [3.8, 4) is 5.75 Å². The van der Waals surface area contributed by atoms with Crippen molar-refractivity contribution in [3.05, 3.63) is 28.7 Å². The Morgan fingerprint density at radius 3 is 3.06 bits per heavy atom. The summed E-state index contributed by atoms with van der Waals surface area (Å²) >= 11 is 1.66. The van der Waals surface area contributed by atoms with Crippen LogP contribution in [0.2, 0.25) is 0 Å². The Morgan fingerprint density at radius 1 is 1.50 bits per heavy atom. The molecule has 0 radical (unpaired) electrons. The molecule has 16 heavy (non-hydrogen) atoms. The SMILES string of the molecule is COc1c(N)ncnc1NCc1ccsc1.